The molecule has 0 amide bonds. The smallest absolute Gasteiger partial charge is 0.250 e. The Labute approximate surface area is 178 Å². The normalized spacial score (nSPS) is 16.4. The van der Waals surface area contributed by atoms with Gasteiger partial charge in [-0.15, -0.1) is 11.3 Å². The Kier molecular flexibility index (Phi) is 10.4. The third kappa shape index (κ3) is 8.21. The number of rotatable bonds is 11. The molecule has 29 heavy (non-hydrogen) atoms. The van der Waals surface area contributed by atoms with Crippen molar-refractivity contribution in [2.45, 2.75) is 43.4 Å². The van der Waals surface area contributed by atoms with Gasteiger partial charge in [-0.2, -0.15) is 0 Å². The molecule has 1 saturated heterocycles. The fourth-order valence-corrected chi connectivity index (χ4v) is 5.43. The largest absolute Gasteiger partial charge is 0.385 e. The van der Waals surface area contributed by atoms with Gasteiger partial charge in [-0.05, 0) is 45.2 Å². The predicted molar refractivity (Wildman–Crippen MR) is 117 cm³/mol. The SMILES string of the molecule is CCNC(=NCCNS(=O)(=O)c1ccc(C)s1)N1CCC(OCCCOC)CC1. The fourth-order valence-electron chi connectivity index (χ4n) is 3.08. The van der Waals surface area contributed by atoms with Crippen LogP contribution >= 0.6 is 11.3 Å². The maximum Gasteiger partial charge on any atom is 0.250 e. The van der Waals surface area contributed by atoms with Crippen molar-refractivity contribution >= 4 is 27.3 Å². The van der Waals surface area contributed by atoms with Crippen LogP contribution < -0.4 is 10.0 Å². The first kappa shape index (κ1) is 24.1. The summed E-state index contributed by atoms with van der Waals surface area (Å²) in [5.74, 6) is 0.830. The Hall–Kier alpha value is -1.20. The number of nitrogens with zero attached hydrogens (tertiary/aromatic N) is 2. The van der Waals surface area contributed by atoms with Crippen LogP contribution in [0.4, 0.5) is 0 Å². The van der Waals surface area contributed by atoms with Crippen molar-refractivity contribution in [2.75, 3.05) is 53.0 Å². The van der Waals surface area contributed by atoms with Crippen molar-refractivity contribution in [1.82, 2.24) is 14.9 Å². The summed E-state index contributed by atoms with van der Waals surface area (Å²) < 4.78 is 38.5. The Bertz CT molecular complexity index is 728. The molecule has 0 unspecified atom stereocenters. The molecule has 0 spiro atoms. The Morgan fingerprint density at radius 1 is 1.31 bits per heavy atom. The molecule has 0 bridgehead atoms. The predicted octanol–water partition coefficient (Wildman–Crippen LogP) is 1.82. The number of aryl methyl sites for hydroxylation is 1. The second-order valence-electron chi connectivity index (χ2n) is 6.90. The zero-order valence-electron chi connectivity index (χ0n) is 17.6. The second kappa shape index (κ2) is 12.5. The highest BCUT2D eigenvalue weighted by Gasteiger charge is 2.22. The minimum atomic E-state index is -3.46. The summed E-state index contributed by atoms with van der Waals surface area (Å²) in [4.78, 5) is 7.79. The molecule has 1 aromatic heterocycles. The first-order chi connectivity index (χ1) is 14.0. The van der Waals surface area contributed by atoms with E-state index in [-0.39, 0.29) is 12.6 Å². The number of hydrogen-bond donors (Lipinski definition) is 2. The summed E-state index contributed by atoms with van der Waals surface area (Å²) in [6, 6.07) is 3.45. The zero-order valence-corrected chi connectivity index (χ0v) is 19.3. The molecule has 1 aliphatic heterocycles. The molecule has 0 radical (unpaired) electrons. The number of nitrogens with one attached hydrogen (secondary N) is 2. The summed E-state index contributed by atoms with van der Waals surface area (Å²) in [5.41, 5.74) is 0. The molecule has 1 aliphatic rings. The highest BCUT2D eigenvalue weighted by Crippen LogP contribution is 2.20. The lowest BCUT2D eigenvalue weighted by atomic mass is 10.1. The number of sulfonamides is 1. The molecule has 166 valence electrons. The Morgan fingerprint density at radius 2 is 2.07 bits per heavy atom. The van der Waals surface area contributed by atoms with Crippen LogP contribution in [0, 0.1) is 6.92 Å². The lowest BCUT2D eigenvalue weighted by molar-refractivity contribution is 0.00991. The number of guanidine groups is 1. The van der Waals surface area contributed by atoms with Crippen LogP contribution in [-0.2, 0) is 19.5 Å². The number of likely N-dealkylation sites (tertiary alicyclic amines) is 1. The summed E-state index contributed by atoms with van der Waals surface area (Å²) in [6.45, 7) is 8.57. The molecule has 0 saturated carbocycles. The summed E-state index contributed by atoms with van der Waals surface area (Å²) in [7, 11) is -1.75. The number of aliphatic imine (C=N–C) groups is 1. The fraction of sp³-hybridized carbons (Fsp3) is 0.737. The molecule has 2 heterocycles. The molecule has 0 aromatic carbocycles. The number of ether oxygens (including phenoxy) is 2. The van der Waals surface area contributed by atoms with Crippen molar-refractivity contribution in [1.29, 1.82) is 0 Å². The van der Waals surface area contributed by atoms with Gasteiger partial charge >= 0.3 is 0 Å². The molecular formula is C19H34N4O4S2. The standard InChI is InChI=1S/C19H34N4O4S2/c1-4-20-19(23-12-8-17(9-13-23)27-15-5-14-26-3)21-10-11-22-29(24,25)18-7-6-16(2)28-18/h6-7,17,22H,4-5,8-15H2,1-3H3,(H,20,21). The molecule has 1 fully saturated rings. The van der Waals surface area contributed by atoms with E-state index in [0.717, 1.165) is 62.9 Å². The van der Waals surface area contributed by atoms with E-state index in [2.05, 4.69) is 19.9 Å². The third-order valence-corrected chi connectivity index (χ3v) is 7.52. The maximum atomic E-state index is 12.3. The van der Waals surface area contributed by atoms with Crippen molar-refractivity contribution in [3.8, 4) is 0 Å². The topological polar surface area (TPSA) is 92.3 Å². The van der Waals surface area contributed by atoms with E-state index in [1.807, 2.05) is 19.9 Å². The quantitative estimate of drug-likeness (QED) is 0.306. The highest BCUT2D eigenvalue weighted by atomic mass is 32.2. The monoisotopic (exact) mass is 446 g/mol. The Balaban J connectivity index is 1.78. The molecule has 10 heteroatoms. The van der Waals surface area contributed by atoms with E-state index in [1.54, 1.807) is 13.2 Å². The van der Waals surface area contributed by atoms with Gasteiger partial charge in [0.15, 0.2) is 5.96 Å². The third-order valence-electron chi connectivity index (χ3n) is 4.57. The van der Waals surface area contributed by atoms with Gasteiger partial charge in [0.05, 0.1) is 12.6 Å². The van der Waals surface area contributed by atoms with Gasteiger partial charge in [0.25, 0.3) is 0 Å². The maximum absolute atomic E-state index is 12.3. The van der Waals surface area contributed by atoms with Gasteiger partial charge in [0, 0.05) is 51.4 Å². The minimum absolute atomic E-state index is 0.271. The summed E-state index contributed by atoms with van der Waals surface area (Å²) in [6.07, 6.45) is 3.12. The number of hydrogen-bond acceptors (Lipinski definition) is 6. The highest BCUT2D eigenvalue weighted by molar-refractivity contribution is 7.91. The minimum Gasteiger partial charge on any atom is -0.385 e. The molecule has 0 atom stereocenters. The van der Waals surface area contributed by atoms with Crippen LogP contribution in [0.25, 0.3) is 0 Å². The van der Waals surface area contributed by atoms with Crippen molar-refractivity contribution in [3.63, 3.8) is 0 Å². The van der Waals surface area contributed by atoms with Crippen LogP contribution in [0.5, 0.6) is 0 Å². The molecular weight excluding hydrogens is 412 g/mol. The summed E-state index contributed by atoms with van der Waals surface area (Å²) in [5, 5.41) is 3.30. The van der Waals surface area contributed by atoms with Gasteiger partial charge in [0.1, 0.15) is 4.21 Å². The number of methoxy groups -OCH3 is 1. The van der Waals surface area contributed by atoms with Crippen LogP contribution in [0.2, 0.25) is 0 Å². The lowest BCUT2D eigenvalue weighted by Crippen LogP contribution is -2.47. The van der Waals surface area contributed by atoms with Crippen molar-refractivity contribution in [3.05, 3.63) is 17.0 Å². The van der Waals surface area contributed by atoms with Gasteiger partial charge in [-0.3, -0.25) is 4.99 Å². The van der Waals surface area contributed by atoms with E-state index in [0.29, 0.717) is 10.8 Å². The van der Waals surface area contributed by atoms with Gasteiger partial charge in [0.2, 0.25) is 10.0 Å². The summed E-state index contributed by atoms with van der Waals surface area (Å²) >= 11 is 1.27. The van der Waals surface area contributed by atoms with Gasteiger partial charge in [-0.25, -0.2) is 13.1 Å². The van der Waals surface area contributed by atoms with E-state index in [9.17, 15) is 8.42 Å². The first-order valence-electron chi connectivity index (χ1n) is 10.2. The zero-order chi connectivity index (χ0) is 21.1. The van der Waals surface area contributed by atoms with Crippen LogP contribution in [0.3, 0.4) is 0 Å². The first-order valence-corrected chi connectivity index (χ1v) is 12.5. The van der Waals surface area contributed by atoms with Gasteiger partial charge in [-0.1, -0.05) is 0 Å². The van der Waals surface area contributed by atoms with Crippen molar-refractivity contribution < 1.29 is 17.9 Å². The number of piperidine rings is 1. The Morgan fingerprint density at radius 3 is 2.69 bits per heavy atom. The van der Waals surface area contributed by atoms with Crippen LogP contribution in [-0.4, -0.2) is 78.4 Å². The lowest BCUT2D eigenvalue weighted by Gasteiger charge is -2.34. The second-order valence-corrected chi connectivity index (χ2v) is 10.2. The van der Waals surface area contributed by atoms with Crippen molar-refractivity contribution in [2.24, 2.45) is 4.99 Å². The van der Waals surface area contributed by atoms with E-state index in [1.165, 1.54) is 11.3 Å². The molecule has 8 nitrogen and oxygen atoms in total. The number of thiophene rings is 1. The molecule has 1 aromatic rings. The van der Waals surface area contributed by atoms with E-state index in [4.69, 9.17) is 9.47 Å². The molecule has 2 rings (SSSR count). The van der Waals surface area contributed by atoms with Crippen LogP contribution in [0.15, 0.2) is 21.3 Å². The average Bonchev–Trinajstić information content (AvgIpc) is 3.16. The average molecular weight is 447 g/mol. The van der Waals surface area contributed by atoms with E-state index < -0.39 is 10.0 Å². The van der Waals surface area contributed by atoms with E-state index >= 15 is 0 Å². The molecule has 2 N–H and O–H groups in total. The van der Waals surface area contributed by atoms with Gasteiger partial charge < -0.3 is 19.7 Å². The van der Waals surface area contributed by atoms with Crippen LogP contribution in [0.1, 0.15) is 31.1 Å². The molecule has 0 aliphatic carbocycles.